The fraction of sp³-hybridized carbons (Fsp3) is 0.167. The van der Waals surface area contributed by atoms with Crippen molar-refractivity contribution in [3.05, 3.63) is 35.5 Å². The lowest BCUT2D eigenvalue weighted by molar-refractivity contribution is -0.121. The predicted octanol–water partition coefficient (Wildman–Crippen LogP) is 1.62. The zero-order valence-electron chi connectivity index (χ0n) is 9.14. The highest BCUT2D eigenvalue weighted by atomic mass is 16.3. The van der Waals surface area contributed by atoms with Gasteiger partial charge in [-0.15, -0.1) is 0 Å². The van der Waals surface area contributed by atoms with Crippen LogP contribution >= 0.6 is 0 Å². The molecule has 0 fully saturated rings. The molecule has 2 rings (SSSR count). The number of amidine groups is 1. The summed E-state index contributed by atoms with van der Waals surface area (Å²) in [6.07, 6.45) is 1.59. The van der Waals surface area contributed by atoms with E-state index in [0.29, 0.717) is 17.1 Å². The second-order valence-electron chi connectivity index (χ2n) is 3.61. The highest BCUT2D eigenvalue weighted by Gasteiger charge is 2.23. The highest BCUT2D eigenvalue weighted by Crippen LogP contribution is 2.22. The van der Waals surface area contributed by atoms with Gasteiger partial charge in [0.15, 0.2) is 0 Å². The maximum Gasteiger partial charge on any atom is 0.277 e. The maximum absolute atomic E-state index is 11.7. The Morgan fingerprint density at radius 1 is 1.38 bits per heavy atom. The number of carbonyl (C=O) groups is 1. The van der Waals surface area contributed by atoms with E-state index in [1.54, 1.807) is 44.3 Å². The van der Waals surface area contributed by atoms with Gasteiger partial charge in [0, 0.05) is 12.6 Å². The largest absolute Gasteiger partial charge is 0.507 e. The molecule has 0 atom stereocenters. The number of aromatic hydroxyl groups is 1. The van der Waals surface area contributed by atoms with E-state index in [2.05, 4.69) is 4.99 Å². The van der Waals surface area contributed by atoms with Crippen molar-refractivity contribution in [2.75, 3.05) is 7.05 Å². The fourth-order valence-electron chi connectivity index (χ4n) is 1.47. The van der Waals surface area contributed by atoms with Crippen molar-refractivity contribution >= 4 is 17.8 Å². The second-order valence-corrected chi connectivity index (χ2v) is 3.61. The number of carbonyl (C=O) groups excluding carboxylic acids is 1. The number of para-hydroxylation sites is 1. The molecule has 1 heterocycles. The quantitative estimate of drug-likeness (QED) is 0.725. The van der Waals surface area contributed by atoms with Crippen LogP contribution in [0.15, 0.2) is 35.0 Å². The molecule has 0 unspecified atom stereocenters. The molecule has 0 aliphatic carbocycles. The number of hydrogen-bond acceptors (Lipinski definition) is 3. The molecule has 4 heteroatoms. The van der Waals surface area contributed by atoms with E-state index in [4.69, 9.17) is 0 Å². The number of benzene rings is 1. The van der Waals surface area contributed by atoms with Crippen LogP contribution in [0.5, 0.6) is 5.75 Å². The maximum atomic E-state index is 11.7. The summed E-state index contributed by atoms with van der Waals surface area (Å²) in [6, 6.07) is 6.84. The third-order valence-corrected chi connectivity index (χ3v) is 2.52. The predicted molar refractivity (Wildman–Crippen MR) is 62.0 cm³/mol. The molecular weight excluding hydrogens is 204 g/mol. The van der Waals surface area contributed by atoms with E-state index < -0.39 is 0 Å². The number of phenols is 1. The number of nitrogens with zero attached hydrogens (tertiary/aromatic N) is 2. The van der Waals surface area contributed by atoms with Gasteiger partial charge >= 0.3 is 0 Å². The Labute approximate surface area is 93.5 Å². The molecule has 1 amide bonds. The number of rotatable bonds is 1. The third-order valence-electron chi connectivity index (χ3n) is 2.52. The molecule has 0 radical (unpaired) electrons. The Morgan fingerprint density at radius 2 is 2.06 bits per heavy atom. The first-order chi connectivity index (χ1) is 7.59. The van der Waals surface area contributed by atoms with Gasteiger partial charge in [-0.3, -0.25) is 9.69 Å². The summed E-state index contributed by atoms with van der Waals surface area (Å²) in [5.74, 6) is 0.651. The lowest BCUT2D eigenvalue weighted by atomic mass is 10.1. The van der Waals surface area contributed by atoms with Crippen molar-refractivity contribution in [1.29, 1.82) is 0 Å². The summed E-state index contributed by atoms with van der Waals surface area (Å²) in [7, 11) is 1.67. The fourth-order valence-corrected chi connectivity index (χ4v) is 1.47. The molecular formula is C12H12N2O2. The van der Waals surface area contributed by atoms with Crippen LogP contribution < -0.4 is 0 Å². The topological polar surface area (TPSA) is 52.9 Å². The minimum absolute atomic E-state index is 0.144. The van der Waals surface area contributed by atoms with E-state index in [-0.39, 0.29) is 11.7 Å². The Hall–Kier alpha value is -2.10. The molecule has 0 aromatic heterocycles. The standard InChI is InChI=1S/C12H12N2O2/c1-8-13-10(12(16)14(8)2)7-9-5-3-4-6-11(9)15/h3-7,15H,1-2H3/b10-7+. The van der Waals surface area contributed by atoms with E-state index in [0.717, 1.165) is 0 Å². The zero-order valence-corrected chi connectivity index (χ0v) is 9.14. The van der Waals surface area contributed by atoms with Crippen LogP contribution in [0.1, 0.15) is 12.5 Å². The van der Waals surface area contributed by atoms with Crippen molar-refractivity contribution in [3.63, 3.8) is 0 Å². The lowest BCUT2D eigenvalue weighted by Crippen LogP contribution is -2.25. The van der Waals surface area contributed by atoms with Crippen molar-refractivity contribution < 1.29 is 9.90 Å². The van der Waals surface area contributed by atoms with Crippen molar-refractivity contribution in [3.8, 4) is 5.75 Å². The monoisotopic (exact) mass is 216 g/mol. The highest BCUT2D eigenvalue weighted by molar-refractivity contribution is 6.13. The number of amides is 1. The molecule has 1 aromatic carbocycles. The smallest absolute Gasteiger partial charge is 0.277 e. The van der Waals surface area contributed by atoms with Crippen LogP contribution in [0.2, 0.25) is 0 Å². The first-order valence-corrected chi connectivity index (χ1v) is 4.92. The number of hydrogen-bond donors (Lipinski definition) is 1. The molecule has 0 spiro atoms. The van der Waals surface area contributed by atoms with E-state index >= 15 is 0 Å². The molecule has 1 N–H and O–H groups in total. The Morgan fingerprint density at radius 3 is 2.62 bits per heavy atom. The molecule has 16 heavy (non-hydrogen) atoms. The molecule has 1 aliphatic heterocycles. The minimum atomic E-state index is -0.152. The van der Waals surface area contributed by atoms with Gasteiger partial charge in [0.05, 0.1) is 0 Å². The van der Waals surface area contributed by atoms with Gasteiger partial charge in [-0.2, -0.15) is 0 Å². The summed E-state index contributed by atoms with van der Waals surface area (Å²) < 4.78 is 0. The van der Waals surface area contributed by atoms with Gasteiger partial charge in [0.25, 0.3) is 5.91 Å². The number of aliphatic imine (C=N–C) groups is 1. The van der Waals surface area contributed by atoms with E-state index in [9.17, 15) is 9.90 Å². The summed E-state index contributed by atoms with van der Waals surface area (Å²) in [5.41, 5.74) is 0.944. The first kappa shape index (κ1) is 10.4. The van der Waals surface area contributed by atoms with Gasteiger partial charge in [0.1, 0.15) is 17.3 Å². The summed E-state index contributed by atoms with van der Waals surface area (Å²) in [5, 5.41) is 9.57. The van der Waals surface area contributed by atoms with Gasteiger partial charge in [-0.1, -0.05) is 18.2 Å². The van der Waals surface area contributed by atoms with Crippen LogP contribution in [0.3, 0.4) is 0 Å². The third kappa shape index (κ3) is 1.69. The second kappa shape index (κ2) is 3.81. The minimum Gasteiger partial charge on any atom is -0.507 e. The molecule has 0 bridgehead atoms. The SMILES string of the molecule is CC1=N/C(=C/c2ccccc2O)C(=O)N1C. The van der Waals surface area contributed by atoms with Crippen LogP contribution in [0.4, 0.5) is 0 Å². The summed E-state index contributed by atoms with van der Waals surface area (Å²) in [6.45, 7) is 1.77. The van der Waals surface area contributed by atoms with Gasteiger partial charge in [0.2, 0.25) is 0 Å². The van der Waals surface area contributed by atoms with Crippen LogP contribution in [0.25, 0.3) is 6.08 Å². The average Bonchev–Trinajstić information content (AvgIpc) is 2.50. The van der Waals surface area contributed by atoms with Crippen molar-refractivity contribution in [2.45, 2.75) is 6.92 Å². The zero-order chi connectivity index (χ0) is 11.7. The Balaban J connectivity index is 2.41. The van der Waals surface area contributed by atoms with Crippen LogP contribution in [0, 0.1) is 0 Å². The molecule has 82 valence electrons. The lowest BCUT2D eigenvalue weighted by Gasteiger charge is -2.06. The molecule has 1 aliphatic rings. The molecule has 1 aromatic rings. The summed E-state index contributed by atoms with van der Waals surface area (Å²) >= 11 is 0. The van der Waals surface area contributed by atoms with Crippen LogP contribution in [-0.4, -0.2) is 28.8 Å². The number of phenolic OH excluding ortho intramolecular Hbond substituents is 1. The molecule has 0 saturated carbocycles. The average molecular weight is 216 g/mol. The molecule has 4 nitrogen and oxygen atoms in total. The number of likely N-dealkylation sites (N-methyl/N-ethyl adjacent to an activating group) is 1. The van der Waals surface area contributed by atoms with E-state index in [1.807, 2.05) is 0 Å². The van der Waals surface area contributed by atoms with Crippen molar-refractivity contribution in [1.82, 2.24) is 4.90 Å². The Bertz CT molecular complexity index is 503. The normalized spacial score (nSPS) is 18.1. The summed E-state index contributed by atoms with van der Waals surface area (Å²) in [4.78, 5) is 17.3. The van der Waals surface area contributed by atoms with Gasteiger partial charge < -0.3 is 5.11 Å². The first-order valence-electron chi connectivity index (χ1n) is 4.92. The van der Waals surface area contributed by atoms with Crippen LogP contribution in [-0.2, 0) is 4.79 Å². The van der Waals surface area contributed by atoms with E-state index in [1.165, 1.54) is 4.90 Å². The van der Waals surface area contributed by atoms with Gasteiger partial charge in [-0.25, -0.2) is 4.99 Å². The Kier molecular flexibility index (Phi) is 2.48. The molecule has 0 saturated heterocycles. The van der Waals surface area contributed by atoms with Crippen molar-refractivity contribution in [2.24, 2.45) is 4.99 Å². The van der Waals surface area contributed by atoms with Gasteiger partial charge in [-0.05, 0) is 19.1 Å².